The average molecular weight is 574 g/mol. The van der Waals surface area contributed by atoms with Crippen LogP contribution in [0.5, 0.6) is 0 Å². The molecule has 210 valence electrons. The van der Waals surface area contributed by atoms with Gasteiger partial charge in [0, 0.05) is 57.3 Å². The number of amides is 3. The summed E-state index contributed by atoms with van der Waals surface area (Å²) in [4.78, 5) is 32.1. The molecule has 3 fully saturated rings. The van der Waals surface area contributed by atoms with Crippen LogP contribution in [-0.2, 0) is 21.2 Å². The number of carbonyl (C=O) groups excluding carboxylic acids is 2. The molecule has 3 aliphatic rings. The van der Waals surface area contributed by atoms with Crippen molar-refractivity contribution in [2.24, 2.45) is 5.92 Å². The molecule has 2 aliphatic heterocycles. The van der Waals surface area contributed by atoms with Gasteiger partial charge in [0.15, 0.2) is 0 Å². The van der Waals surface area contributed by atoms with Gasteiger partial charge < -0.3 is 20.0 Å². The van der Waals surface area contributed by atoms with Gasteiger partial charge in [0.1, 0.15) is 6.04 Å². The third-order valence-electron chi connectivity index (χ3n) is 7.70. The second kappa shape index (κ2) is 11.6. The second-order valence-electron chi connectivity index (χ2n) is 10.7. The molecule has 2 aromatic rings. The molecule has 11 heteroatoms. The molecule has 3 amide bonds. The molecule has 1 atom stereocenters. The third-order valence-corrected chi connectivity index (χ3v) is 9.09. The first kappa shape index (κ1) is 27.6. The van der Waals surface area contributed by atoms with Crippen molar-refractivity contribution in [2.45, 2.75) is 31.7 Å². The number of rotatable bonds is 9. The number of anilines is 2. The maximum atomic E-state index is 13.7. The lowest BCUT2D eigenvalue weighted by Crippen LogP contribution is -2.58. The number of carbonyl (C=O) groups is 2. The molecular formula is C28H36ClN5O4S. The smallest absolute Gasteiger partial charge is 0.318 e. The molecule has 1 aliphatic carbocycles. The highest BCUT2D eigenvalue weighted by Gasteiger charge is 2.34. The van der Waals surface area contributed by atoms with Gasteiger partial charge in [-0.1, -0.05) is 35.9 Å². The molecular weight excluding hydrogens is 538 g/mol. The van der Waals surface area contributed by atoms with Crippen LogP contribution >= 0.6 is 11.6 Å². The standard InChI is InChI=1S/C28H36ClN5O4S/c1-39(37,38)34(20-22-7-8-22)26-6-3-2-5-25(26)31-15-17-32(18-16-31)27(35)24(30-28(36)33-13-4-14-33)19-21-9-11-23(29)12-10-21/h2-3,5-6,9-12,22,24H,4,7-8,13-20H2,1H3,(H,30,36)/t24-/m1/s1. The summed E-state index contributed by atoms with van der Waals surface area (Å²) in [6.45, 7) is 4.00. The molecule has 2 aromatic carbocycles. The maximum absolute atomic E-state index is 13.7. The first-order chi connectivity index (χ1) is 18.7. The van der Waals surface area contributed by atoms with Crippen molar-refractivity contribution in [2.75, 3.05) is 61.3 Å². The Balaban J connectivity index is 1.28. The van der Waals surface area contributed by atoms with E-state index in [1.807, 2.05) is 36.4 Å². The van der Waals surface area contributed by atoms with E-state index in [4.69, 9.17) is 11.6 Å². The number of sulfonamides is 1. The zero-order valence-electron chi connectivity index (χ0n) is 22.3. The molecule has 0 bridgehead atoms. The van der Waals surface area contributed by atoms with Gasteiger partial charge >= 0.3 is 6.03 Å². The zero-order valence-corrected chi connectivity index (χ0v) is 23.8. The summed E-state index contributed by atoms with van der Waals surface area (Å²) < 4.78 is 26.9. The van der Waals surface area contributed by atoms with E-state index in [0.717, 1.165) is 30.5 Å². The zero-order chi connectivity index (χ0) is 27.6. The van der Waals surface area contributed by atoms with Gasteiger partial charge in [0.05, 0.1) is 17.6 Å². The van der Waals surface area contributed by atoms with Crippen molar-refractivity contribution in [1.82, 2.24) is 15.1 Å². The van der Waals surface area contributed by atoms with Gasteiger partial charge in [0.2, 0.25) is 15.9 Å². The Bertz CT molecular complexity index is 1290. The van der Waals surface area contributed by atoms with Crippen molar-refractivity contribution < 1.29 is 18.0 Å². The Hall–Kier alpha value is -2.98. The Labute approximate surface area is 235 Å². The fourth-order valence-electron chi connectivity index (χ4n) is 5.09. The first-order valence-corrected chi connectivity index (χ1v) is 15.8. The van der Waals surface area contributed by atoms with Gasteiger partial charge in [-0.05, 0) is 55.0 Å². The summed E-state index contributed by atoms with van der Waals surface area (Å²) >= 11 is 6.04. The van der Waals surface area contributed by atoms with Crippen LogP contribution < -0.4 is 14.5 Å². The number of hydrogen-bond donors (Lipinski definition) is 1. The van der Waals surface area contributed by atoms with Crippen LogP contribution in [0, 0.1) is 5.92 Å². The van der Waals surface area contributed by atoms with E-state index in [0.29, 0.717) is 68.9 Å². The van der Waals surface area contributed by atoms with Crippen LogP contribution in [-0.4, -0.2) is 88.3 Å². The van der Waals surface area contributed by atoms with E-state index in [-0.39, 0.29) is 11.9 Å². The topological polar surface area (TPSA) is 93.3 Å². The number of nitrogens with zero attached hydrogens (tertiary/aromatic N) is 4. The molecule has 0 radical (unpaired) electrons. The van der Waals surface area contributed by atoms with Crippen LogP contribution in [0.4, 0.5) is 16.2 Å². The number of likely N-dealkylation sites (tertiary alicyclic amines) is 1. The van der Waals surface area contributed by atoms with E-state index in [1.165, 1.54) is 10.6 Å². The minimum atomic E-state index is -3.43. The largest absolute Gasteiger partial charge is 0.366 e. The van der Waals surface area contributed by atoms with Gasteiger partial charge in [-0.2, -0.15) is 0 Å². The minimum Gasteiger partial charge on any atom is -0.366 e. The average Bonchev–Trinajstić information content (AvgIpc) is 3.71. The molecule has 2 heterocycles. The molecule has 2 saturated heterocycles. The van der Waals surface area contributed by atoms with Crippen molar-refractivity contribution >= 4 is 44.9 Å². The lowest BCUT2D eigenvalue weighted by Gasteiger charge is -2.40. The summed E-state index contributed by atoms with van der Waals surface area (Å²) in [5.41, 5.74) is 2.47. The fourth-order valence-corrected chi connectivity index (χ4v) is 6.21. The molecule has 39 heavy (non-hydrogen) atoms. The second-order valence-corrected chi connectivity index (χ2v) is 13.1. The summed E-state index contributed by atoms with van der Waals surface area (Å²) in [5, 5.41) is 3.58. The van der Waals surface area contributed by atoms with E-state index in [2.05, 4.69) is 10.2 Å². The quantitative estimate of drug-likeness (QED) is 0.497. The first-order valence-electron chi connectivity index (χ1n) is 13.6. The van der Waals surface area contributed by atoms with Gasteiger partial charge in [-0.25, -0.2) is 13.2 Å². The number of nitrogens with one attached hydrogen (secondary N) is 1. The molecule has 5 rings (SSSR count). The van der Waals surface area contributed by atoms with Gasteiger partial charge in [0.25, 0.3) is 0 Å². The predicted octanol–water partition coefficient (Wildman–Crippen LogP) is 3.19. The molecule has 1 saturated carbocycles. The predicted molar refractivity (Wildman–Crippen MR) is 154 cm³/mol. The highest BCUT2D eigenvalue weighted by molar-refractivity contribution is 7.92. The number of benzene rings is 2. The summed E-state index contributed by atoms with van der Waals surface area (Å²) in [6, 6.07) is 14.0. The summed E-state index contributed by atoms with van der Waals surface area (Å²) in [6.07, 6.45) is 4.73. The Kier molecular flexibility index (Phi) is 8.23. The minimum absolute atomic E-state index is 0.113. The number of piperazine rings is 1. The third kappa shape index (κ3) is 6.78. The number of para-hydroxylation sites is 2. The lowest BCUT2D eigenvalue weighted by atomic mass is 10.0. The molecule has 1 N–H and O–H groups in total. The van der Waals surface area contributed by atoms with Crippen molar-refractivity contribution in [3.63, 3.8) is 0 Å². The van der Waals surface area contributed by atoms with Crippen molar-refractivity contribution in [3.05, 3.63) is 59.1 Å². The van der Waals surface area contributed by atoms with E-state index < -0.39 is 16.1 Å². The number of hydrogen-bond acceptors (Lipinski definition) is 5. The molecule has 0 spiro atoms. The van der Waals surface area contributed by atoms with Crippen LogP contribution in [0.2, 0.25) is 5.02 Å². The summed E-state index contributed by atoms with van der Waals surface area (Å²) in [5.74, 6) is 0.296. The number of urea groups is 1. The Morgan fingerprint density at radius 2 is 1.64 bits per heavy atom. The van der Waals surface area contributed by atoms with Crippen molar-refractivity contribution in [3.8, 4) is 0 Å². The molecule has 9 nitrogen and oxygen atoms in total. The molecule has 0 unspecified atom stereocenters. The van der Waals surface area contributed by atoms with Crippen LogP contribution in [0.3, 0.4) is 0 Å². The lowest BCUT2D eigenvalue weighted by molar-refractivity contribution is -0.133. The monoisotopic (exact) mass is 573 g/mol. The Morgan fingerprint density at radius 3 is 2.23 bits per heavy atom. The highest BCUT2D eigenvalue weighted by atomic mass is 35.5. The summed E-state index contributed by atoms with van der Waals surface area (Å²) in [7, 11) is -3.43. The van der Waals surface area contributed by atoms with Crippen LogP contribution in [0.15, 0.2) is 48.5 Å². The maximum Gasteiger partial charge on any atom is 0.318 e. The van der Waals surface area contributed by atoms with Crippen LogP contribution in [0.1, 0.15) is 24.8 Å². The highest BCUT2D eigenvalue weighted by Crippen LogP contribution is 2.37. The normalized spacial score (nSPS) is 18.4. The van der Waals surface area contributed by atoms with Crippen molar-refractivity contribution in [1.29, 1.82) is 0 Å². The van der Waals surface area contributed by atoms with Gasteiger partial charge in [-0.15, -0.1) is 0 Å². The van der Waals surface area contributed by atoms with E-state index >= 15 is 0 Å². The Morgan fingerprint density at radius 1 is 0.974 bits per heavy atom. The fraction of sp³-hybridized carbons (Fsp3) is 0.500. The van der Waals surface area contributed by atoms with Crippen LogP contribution in [0.25, 0.3) is 0 Å². The number of halogens is 1. The van der Waals surface area contributed by atoms with E-state index in [9.17, 15) is 18.0 Å². The van der Waals surface area contributed by atoms with E-state index in [1.54, 1.807) is 21.9 Å². The SMILES string of the molecule is CS(=O)(=O)N(CC1CC1)c1ccccc1N1CCN(C(=O)[C@@H](Cc2ccc(Cl)cc2)NC(=O)N2CCC2)CC1. The molecule has 0 aromatic heterocycles. The van der Waals surface area contributed by atoms with Gasteiger partial charge in [-0.3, -0.25) is 9.10 Å².